The van der Waals surface area contributed by atoms with Crippen LogP contribution in [0.4, 0.5) is 0 Å². The van der Waals surface area contributed by atoms with Gasteiger partial charge in [-0.15, -0.1) is 11.3 Å². The minimum absolute atomic E-state index is 0.0801. The number of thiazole rings is 1. The van der Waals surface area contributed by atoms with E-state index in [1.807, 2.05) is 19.9 Å². The zero-order chi connectivity index (χ0) is 13.2. The van der Waals surface area contributed by atoms with Crippen LogP contribution in [0.3, 0.4) is 0 Å². The van der Waals surface area contributed by atoms with E-state index in [-0.39, 0.29) is 6.10 Å². The number of rotatable bonds is 3. The van der Waals surface area contributed by atoms with Crippen molar-refractivity contribution in [3.8, 4) is 0 Å². The van der Waals surface area contributed by atoms with Crippen LogP contribution in [0.15, 0.2) is 16.0 Å². The fraction of sp³-hybridized carbons (Fsp3) is 0.538. The second-order valence-electron chi connectivity index (χ2n) is 4.86. The van der Waals surface area contributed by atoms with Gasteiger partial charge in [0.15, 0.2) is 5.76 Å². The molecule has 1 saturated heterocycles. The van der Waals surface area contributed by atoms with Crippen LogP contribution in [-0.2, 0) is 11.3 Å². The second-order valence-corrected chi connectivity index (χ2v) is 5.75. The Morgan fingerprint density at radius 2 is 2.32 bits per heavy atom. The number of hydrogen-bond donors (Lipinski definition) is 0. The highest BCUT2D eigenvalue weighted by Crippen LogP contribution is 2.25. The topological polar surface area (TPSA) is 51.4 Å². The predicted octanol–water partition coefficient (Wildman–Crippen LogP) is 2.32. The van der Waals surface area contributed by atoms with Crippen molar-refractivity contribution >= 4 is 11.3 Å². The first kappa shape index (κ1) is 12.8. The van der Waals surface area contributed by atoms with Crippen LogP contribution in [-0.4, -0.2) is 34.7 Å². The van der Waals surface area contributed by atoms with Crippen LogP contribution in [0.2, 0.25) is 0 Å². The van der Waals surface area contributed by atoms with Gasteiger partial charge in [0.1, 0.15) is 11.1 Å². The Morgan fingerprint density at radius 1 is 1.42 bits per heavy atom. The summed E-state index contributed by atoms with van der Waals surface area (Å²) >= 11 is 1.67. The molecule has 3 heterocycles. The van der Waals surface area contributed by atoms with Gasteiger partial charge in [-0.25, -0.2) is 4.98 Å². The first-order chi connectivity index (χ1) is 9.20. The van der Waals surface area contributed by atoms with E-state index < -0.39 is 0 Å². The summed E-state index contributed by atoms with van der Waals surface area (Å²) in [4.78, 5) is 6.84. The highest BCUT2D eigenvalue weighted by atomic mass is 32.1. The Morgan fingerprint density at radius 3 is 3.00 bits per heavy atom. The van der Waals surface area contributed by atoms with E-state index in [1.54, 1.807) is 11.3 Å². The third kappa shape index (κ3) is 3.02. The van der Waals surface area contributed by atoms with Gasteiger partial charge in [-0.05, 0) is 13.8 Å². The normalized spacial score (nSPS) is 20.8. The fourth-order valence-corrected chi connectivity index (χ4v) is 3.06. The quantitative estimate of drug-likeness (QED) is 0.863. The maximum atomic E-state index is 5.81. The molecule has 0 bridgehead atoms. The summed E-state index contributed by atoms with van der Waals surface area (Å²) in [5, 5.41) is 7.05. The van der Waals surface area contributed by atoms with Crippen LogP contribution >= 0.6 is 11.3 Å². The van der Waals surface area contributed by atoms with Gasteiger partial charge in [-0.3, -0.25) is 4.90 Å². The number of nitrogens with zero attached hydrogens (tertiary/aromatic N) is 3. The highest BCUT2D eigenvalue weighted by Gasteiger charge is 2.24. The van der Waals surface area contributed by atoms with Gasteiger partial charge in [0, 0.05) is 30.2 Å². The van der Waals surface area contributed by atoms with Crippen LogP contribution in [0.1, 0.15) is 28.3 Å². The summed E-state index contributed by atoms with van der Waals surface area (Å²) in [6.45, 7) is 7.24. The SMILES string of the molecule is Cc1cc(CN2CCO[C@@H](c3nc(C)cs3)C2)on1. The molecule has 5 nitrogen and oxygen atoms in total. The molecule has 0 spiro atoms. The fourth-order valence-electron chi connectivity index (χ4n) is 2.23. The molecule has 1 atom stereocenters. The molecular formula is C13H17N3O2S. The van der Waals surface area contributed by atoms with Crippen molar-refractivity contribution in [1.29, 1.82) is 0 Å². The molecule has 1 aliphatic rings. The molecule has 0 aliphatic carbocycles. The van der Waals surface area contributed by atoms with Gasteiger partial charge >= 0.3 is 0 Å². The standard InChI is InChI=1S/C13H17N3O2S/c1-9-5-11(18-15-9)6-16-3-4-17-12(7-16)13-14-10(2)8-19-13/h5,8,12H,3-4,6-7H2,1-2H3/t12-/m1/s1. The number of aromatic nitrogens is 2. The van der Waals surface area contributed by atoms with Gasteiger partial charge in [0.05, 0.1) is 18.8 Å². The third-order valence-electron chi connectivity index (χ3n) is 3.12. The van der Waals surface area contributed by atoms with E-state index in [4.69, 9.17) is 9.26 Å². The molecule has 0 unspecified atom stereocenters. The van der Waals surface area contributed by atoms with Crippen molar-refractivity contribution in [3.05, 3.63) is 33.6 Å². The molecule has 3 rings (SSSR count). The summed E-state index contributed by atoms with van der Waals surface area (Å²) in [7, 11) is 0. The zero-order valence-corrected chi connectivity index (χ0v) is 11.9. The van der Waals surface area contributed by atoms with E-state index in [2.05, 4.69) is 20.4 Å². The average Bonchev–Trinajstić information content (AvgIpc) is 2.99. The predicted molar refractivity (Wildman–Crippen MR) is 72.1 cm³/mol. The average molecular weight is 279 g/mol. The van der Waals surface area contributed by atoms with E-state index >= 15 is 0 Å². The minimum Gasteiger partial charge on any atom is -0.368 e. The van der Waals surface area contributed by atoms with Crippen molar-refractivity contribution in [2.45, 2.75) is 26.5 Å². The molecular weight excluding hydrogens is 262 g/mol. The number of ether oxygens (including phenoxy) is 1. The Bertz CT molecular complexity index is 552. The molecule has 2 aromatic heterocycles. The largest absolute Gasteiger partial charge is 0.368 e. The van der Waals surface area contributed by atoms with Crippen molar-refractivity contribution in [3.63, 3.8) is 0 Å². The molecule has 6 heteroatoms. The van der Waals surface area contributed by atoms with E-state index in [1.165, 1.54) is 0 Å². The molecule has 0 aromatic carbocycles. The maximum absolute atomic E-state index is 5.81. The van der Waals surface area contributed by atoms with Crippen molar-refractivity contribution < 1.29 is 9.26 Å². The molecule has 0 N–H and O–H groups in total. The molecule has 0 saturated carbocycles. The van der Waals surface area contributed by atoms with Gasteiger partial charge in [-0.2, -0.15) is 0 Å². The van der Waals surface area contributed by atoms with Crippen LogP contribution in [0.25, 0.3) is 0 Å². The minimum atomic E-state index is 0.0801. The Labute approximate surface area is 116 Å². The third-order valence-corrected chi connectivity index (χ3v) is 4.17. The molecule has 1 aliphatic heterocycles. The summed E-state index contributed by atoms with van der Waals surface area (Å²) in [6, 6.07) is 1.98. The second kappa shape index (κ2) is 5.40. The lowest BCUT2D eigenvalue weighted by atomic mass is 10.2. The molecule has 2 aromatic rings. The van der Waals surface area contributed by atoms with Gasteiger partial charge < -0.3 is 9.26 Å². The van der Waals surface area contributed by atoms with Crippen molar-refractivity contribution in [2.24, 2.45) is 0 Å². The van der Waals surface area contributed by atoms with Gasteiger partial charge in [0.2, 0.25) is 0 Å². The highest BCUT2D eigenvalue weighted by molar-refractivity contribution is 7.09. The summed E-state index contributed by atoms with van der Waals surface area (Å²) < 4.78 is 11.1. The van der Waals surface area contributed by atoms with E-state index in [9.17, 15) is 0 Å². The Kier molecular flexibility index (Phi) is 3.63. The smallest absolute Gasteiger partial charge is 0.150 e. The lowest BCUT2D eigenvalue weighted by Crippen LogP contribution is -2.37. The van der Waals surface area contributed by atoms with Crippen LogP contribution < -0.4 is 0 Å². The van der Waals surface area contributed by atoms with Crippen LogP contribution in [0, 0.1) is 13.8 Å². The molecule has 1 fully saturated rings. The van der Waals surface area contributed by atoms with Crippen LogP contribution in [0.5, 0.6) is 0 Å². The summed E-state index contributed by atoms with van der Waals surface area (Å²) in [5.74, 6) is 0.911. The van der Waals surface area contributed by atoms with Gasteiger partial charge in [0.25, 0.3) is 0 Å². The Balaban J connectivity index is 1.64. The van der Waals surface area contributed by atoms with Crippen molar-refractivity contribution in [2.75, 3.05) is 19.7 Å². The van der Waals surface area contributed by atoms with E-state index in [0.717, 1.165) is 48.4 Å². The zero-order valence-electron chi connectivity index (χ0n) is 11.1. The lowest BCUT2D eigenvalue weighted by molar-refractivity contribution is -0.0352. The molecule has 19 heavy (non-hydrogen) atoms. The lowest BCUT2D eigenvalue weighted by Gasteiger charge is -2.31. The maximum Gasteiger partial charge on any atom is 0.150 e. The van der Waals surface area contributed by atoms with E-state index in [0.29, 0.717) is 0 Å². The first-order valence-corrected chi connectivity index (χ1v) is 7.27. The number of aryl methyl sites for hydroxylation is 2. The monoisotopic (exact) mass is 279 g/mol. The molecule has 0 radical (unpaired) electrons. The molecule has 0 amide bonds. The molecule has 102 valence electrons. The number of hydrogen-bond acceptors (Lipinski definition) is 6. The number of morpholine rings is 1. The van der Waals surface area contributed by atoms with Gasteiger partial charge in [-0.1, -0.05) is 5.16 Å². The summed E-state index contributed by atoms with van der Waals surface area (Å²) in [5.41, 5.74) is 1.99. The summed E-state index contributed by atoms with van der Waals surface area (Å²) in [6.07, 6.45) is 0.0801. The Hall–Kier alpha value is -1.24. The first-order valence-electron chi connectivity index (χ1n) is 6.39. The van der Waals surface area contributed by atoms with Crippen molar-refractivity contribution in [1.82, 2.24) is 15.0 Å².